The Morgan fingerprint density at radius 1 is 1.32 bits per heavy atom. The van der Waals surface area contributed by atoms with Gasteiger partial charge in [-0.2, -0.15) is 5.10 Å². The number of aryl methyl sites for hydroxylation is 2. The molecule has 4 nitrogen and oxygen atoms in total. The molecule has 110 valence electrons. The lowest BCUT2D eigenvalue weighted by Gasteiger charge is -2.29. The van der Waals surface area contributed by atoms with Crippen molar-refractivity contribution < 1.29 is 5.11 Å². The van der Waals surface area contributed by atoms with Crippen molar-refractivity contribution in [1.82, 2.24) is 15.1 Å². The van der Waals surface area contributed by atoms with E-state index in [2.05, 4.69) is 31.2 Å². The molecule has 0 radical (unpaired) electrons. The smallest absolute Gasteiger partial charge is 0.0766 e. The van der Waals surface area contributed by atoms with Crippen molar-refractivity contribution >= 4 is 0 Å². The third-order valence-corrected chi connectivity index (χ3v) is 4.18. The second-order valence-electron chi connectivity index (χ2n) is 6.01. The average molecular weight is 267 g/mol. The average Bonchev–Trinajstić information content (AvgIpc) is 2.61. The molecule has 19 heavy (non-hydrogen) atoms. The van der Waals surface area contributed by atoms with E-state index in [0.29, 0.717) is 6.54 Å². The van der Waals surface area contributed by atoms with Crippen LogP contribution in [0.1, 0.15) is 57.6 Å². The molecule has 1 aromatic heterocycles. The van der Waals surface area contributed by atoms with Crippen molar-refractivity contribution in [3.63, 3.8) is 0 Å². The van der Waals surface area contributed by atoms with Crippen LogP contribution in [0.15, 0.2) is 0 Å². The highest BCUT2D eigenvalue weighted by Crippen LogP contribution is 2.23. The summed E-state index contributed by atoms with van der Waals surface area (Å²) in [7, 11) is 0. The van der Waals surface area contributed by atoms with Crippen LogP contribution in [0.4, 0.5) is 0 Å². The van der Waals surface area contributed by atoms with Gasteiger partial charge in [-0.25, -0.2) is 0 Å². The summed E-state index contributed by atoms with van der Waals surface area (Å²) in [5.74, 6) is 0.229. The van der Waals surface area contributed by atoms with E-state index < -0.39 is 5.60 Å². The molecular formula is C15H29N3O. The summed E-state index contributed by atoms with van der Waals surface area (Å²) in [6, 6.07) is 0.200. The number of nitrogens with zero attached hydrogens (tertiary/aromatic N) is 2. The van der Waals surface area contributed by atoms with Crippen LogP contribution in [0.25, 0.3) is 0 Å². The first kappa shape index (κ1) is 16.2. The van der Waals surface area contributed by atoms with Crippen molar-refractivity contribution in [3.8, 4) is 0 Å². The van der Waals surface area contributed by atoms with Gasteiger partial charge in [0.2, 0.25) is 0 Å². The van der Waals surface area contributed by atoms with E-state index in [1.807, 2.05) is 32.4 Å². The summed E-state index contributed by atoms with van der Waals surface area (Å²) in [4.78, 5) is 0. The van der Waals surface area contributed by atoms with Crippen molar-refractivity contribution in [2.45, 2.75) is 66.7 Å². The van der Waals surface area contributed by atoms with E-state index in [0.717, 1.165) is 12.2 Å². The zero-order valence-electron chi connectivity index (χ0n) is 13.4. The van der Waals surface area contributed by atoms with E-state index in [1.54, 1.807) is 0 Å². The fraction of sp³-hybridized carbons (Fsp3) is 0.800. The number of hydrogen-bond donors (Lipinski definition) is 2. The third-order valence-electron chi connectivity index (χ3n) is 4.18. The van der Waals surface area contributed by atoms with E-state index in [-0.39, 0.29) is 12.0 Å². The zero-order valence-corrected chi connectivity index (χ0v) is 13.4. The maximum absolute atomic E-state index is 10.3. The van der Waals surface area contributed by atoms with Gasteiger partial charge in [-0.3, -0.25) is 4.68 Å². The van der Waals surface area contributed by atoms with Crippen LogP contribution < -0.4 is 5.32 Å². The van der Waals surface area contributed by atoms with E-state index in [9.17, 15) is 5.11 Å². The van der Waals surface area contributed by atoms with Gasteiger partial charge < -0.3 is 10.4 Å². The first-order valence-corrected chi connectivity index (χ1v) is 7.20. The van der Waals surface area contributed by atoms with Crippen LogP contribution in [0.3, 0.4) is 0 Å². The molecule has 0 spiro atoms. The highest BCUT2D eigenvalue weighted by molar-refractivity contribution is 5.27. The van der Waals surface area contributed by atoms with Gasteiger partial charge in [0.1, 0.15) is 0 Å². The standard InChI is InChI=1S/C15H29N3O/c1-8-18-13(6)14(12(5)17-18)11(4)16-9-15(7,19)10(2)3/h10-11,16,19H,8-9H2,1-7H3. The summed E-state index contributed by atoms with van der Waals surface area (Å²) in [6.45, 7) is 15.8. The number of rotatable bonds is 6. The Labute approximate surface area is 117 Å². The van der Waals surface area contributed by atoms with Crippen molar-refractivity contribution in [2.75, 3.05) is 6.54 Å². The Morgan fingerprint density at radius 2 is 1.89 bits per heavy atom. The first-order chi connectivity index (χ1) is 8.70. The molecule has 0 aliphatic rings. The Morgan fingerprint density at radius 3 is 2.32 bits per heavy atom. The quantitative estimate of drug-likeness (QED) is 0.833. The molecule has 0 amide bonds. The minimum Gasteiger partial charge on any atom is -0.389 e. The van der Waals surface area contributed by atoms with Crippen LogP contribution in [0.5, 0.6) is 0 Å². The van der Waals surface area contributed by atoms with Crippen LogP contribution in [-0.4, -0.2) is 27.0 Å². The van der Waals surface area contributed by atoms with Crippen molar-refractivity contribution in [3.05, 3.63) is 17.0 Å². The van der Waals surface area contributed by atoms with Gasteiger partial charge in [0.15, 0.2) is 0 Å². The summed E-state index contributed by atoms with van der Waals surface area (Å²) in [5, 5.41) is 18.3. The monoisotopic (exact) mass is 267 g/mol. The van der Waals surface area contributed by atoms with Gasteiger partial charge in [-0.15, -0.1) is 0 Å². The summed E-state index contributed by atoms with van der Waals surface area (Å²) >= 11 is 0. The molecule has 1 heterocycles. The Balaban J connectivity index is 2.79. The minimum absolute atomic E-state index is 0.200. The van der Waals surface area contributed by atoms with Gasteiger partial charge in [0, 0.05) is 30.4 Å². The molecule has 0 bridgehead atoms. The maximum Gasteiger partial charge on any atom is 0.0766 e. The molecule has 0 aliphatic carbocycles. The Bertz CT molecular complexity index is 421. The van der Waals surface area contributed by atoms with Crippen LogP contribution in [0, 0.1) is 19.8 Å². The van der Waals surface area contributed by atoms with Gasteiger partial charge >= 0.3 is 0 Å². The predicted octanol–water partition coefficient (Wildman–Crippen LogP) is 2.58. The highest BCUT2D eigenvalue weighted by Gasteiger charge is 2.26. The van der Waals surface area contributed by atoms with Gasteiger partial charge in [0.25, 0.3) is 0 Å². The highest BCUT2D eigenvalue weighted by atomic mass is 16.3. The lowest BCUT2D eigenvalue weighted by molar-refractivity contribution is 0.0121. The second-order valence-corrected chi connectivity index (χ2v) is 6.01. The van der Waals surface area contributed by atoms with Gasteiger partial charge in [0.05, 0.1) is 11.3 Å². The molecule has 2 N–H and O–H groups in total. The molecule has 0 aromatic carbocycles. The minimum atomic E-state index is -0.684. The number of hydrogen-bond acceptors (Lipinski definition) is 3. The molecule has 0 fully saturated rings. The fourth-order valence-corrected chi connectivity index (χ4v) is 2.31. The largest absolute Gasteiger partial charge is 0.389 e. The normalized spacial score (nSPS) is 16.7. The lowest BCUT2D eigenvalue weighted by atomic mass is 9.92. The van der Waals surface area contributed by atoms with Crippen LogP contribution in [-0.2, 0) is 6.54 Å². The Kier molecular flexibility index (Phi) is 5.16. The van der Waals surface area contributed by atoms with E-state index >= 15 is 0 Å². The SMILES string of the molecule is CCn1nc(C)c(C(C)NCC(C)(O)C(C)C)c1C. The third kappa shape index (κ3) is 3.57. The van der Waals surface area contributed by atoms with Crippen LogP contribution in [0.2, 0.25) is 0 Å². The summed E-state index contributed by atoms with van der Waals surface area (Å²) in [6.07, 6.45) is 0. The molecule has 1 rings (SSSR count). The van der Waals surface area contributed by atoms with Gasteiger partial charge in [-0.05, 0) is 40.5 Å². The van der Waals surface area contributed by atoms with E-state index in [4.69, 9.17) is 0 Å². The van der Waals surface area contributed by atoms with E-state index in [1.165, 1.54) is 11.3 Å². The maximum atomic E-state index is 10.3. The molecule has 0 saturated heterocycles. The molecule has 2 unspecified atom stereocenters. The van der Waals surface area contributed by atoms with Crippen molar-refractivity contribution in [2.24, 2.45) is 5.92 Å². The number of aromatic nitrogens is 2. The molecule has 4 heteroatoms. The van der Waals surface area contributed by atoms with Crippen molar-refractivity contribution in [1.29, 1.82) is 0 Å². The summed E-state index contributed by atoms with van der Waals surface area (Å²) < 4.78 is 2.03. The fourth-order valence-electron chi connectivity index (χ4n) is 2.31. The lowest BCUT2D eigenvalue weighted by Crippen LogP contribution is -2.43. The summed E-state index contributed by atoms with van der Waals surface area (Å²) in [5.41, 5.74) is 2.85. The molecule has 0 aliphatic heterocycles. The predicted molar refractivity (Wildman–Crippen MR) is 79.3 cm³/mol. The topological polar surface area (TPSA) is 50.1 Å². The first-order valence-electron chi connectivity index (χ1n) is 7.20. The second kappa shape index (κ2) is 6.06. The molecular weight excluding hydrogens is 238 g/mol. The van der Waals surface area contributed by atoms with Crippen LogP contribution >= 0.6 is 0 Å². The van der Waals surface area contributed by atoms with Gasteiger partial charge in [-0.1, -0.05) is 13.8 Å². The molecule has 1 aromatic rings. The Hall–Kier alpha value is -0.870. The number of nitrogens with one attached hydrogen (secondary N) is 1. The molecule has 0 saturated carbocycles. The zero-order chi connectivity index (χ0) is 14.8. The number of aliphatic hydroxyl groups is 1. The molecule has 2 atom stereocenters.